The lowest BCUT2D eigenvalue weighted by atomic mass is 10.1. The highest BCUT2D eigenvalue weighted by molar-refractivity contribution is 7.12. The second-order valence-electron chi connectivity index (χ2n) is 6.28. The van der Waals surface area contributed by atoms with Gasteiger partial charge in [0, 0.05) is 15.5 Å². The SMILES string of the molecule is Cc1sc(CNC(=O)CNC(=O)[C@@H](N)C(C)C)nc1-c1ccc(Cl)cc1. The molecule has 1 aromatic carbocycles. The quantitative estimate of drug-likeness (QED) is 0.672. The minimum Gasteiger partial charge on any atom is -0.348 e. The molecule has 0 saturated carbocycles. The fourth-order valence-electron chi connectivity index (χ4n) is 2.23. The highest BCUT2D eigenvalue weighted by Gasteiger charge is 2.17. The maximum absolute atomic E-state index is 11.9. The van der Waals surface area contributed by atoms with Crippen LogP contribution in [0.2, 0.25) is 5.02 Å². The molecule has 6 nitrogen and oxygen atoms in total. The number of hydrogen-bond donors (Lipinski definition) is 3. The number of hydrogen-bond acceptors (Lipinski definition) is 5. The average molecular weight is 395 g/mol. The number of carbonyl (C=O) groups is 2. The molecule has 0 aliphatic carbocycles. The number of halogens is 1. The number of nitrogens with zero attached hydrogens (tertiary/aromatic N) is 1. The Morgan fingerprint density at radius 1 is 1.23 bits per heavy atom. The molecule has 2 aromatic rings. The van der Waals surface area contributed by atoms with Gasteiger partial charge in [0.2, 0.25) is 11.8 Å². The largest absolute Gasteiger partial charge is 0.348 e. The minimum atomic E-state index is -0.619. The van der Waals surface area contributed by atoms with Gasteiger partial charge in [-0.2, -0.15) is 0 Å². The molecule has 0 saturated heterocycles. The number of amides is 2. The number of aromatic nitrogens is 1. The molecule has 140 valence electrons. The minimum absolute atomic E-state index is 0.0163. The van der Waals surface area contributed by atoms with E-state index in [1.807, 2.05) is 45.0 Å². The molecule has 26 heavy (non-hydrogen) atoms. The van der Waals surface area contributed by atoms with E-state index in [1.54, 1.807) is 0 Å². The molecular weight excluding hydrogens is 372 g/mol. The first-order valence-electron chi connectivity index (χ1n) is 8.30. The van der Waals surface area contributed by atoms with Gasteiger partial charge in [0.05, 0.1) is 24.8 Å². The number of benzene rings is 1. The predicted octanol–water partition coefficient (Wildman–Crippen LogP) is 2.49. The van der Waals surface area contributed by atoms with Crippen molar-refractivity contribution in [3.8, 4) is 11.3 Å². The summed E-state index contributed by atoms with van der Waals surface area (Å²) in [5.74, 6) is -0.594. The Labute approximate surface area is 162 Å². The first-order valence-corrected chi connectivity index (χ1v) is 9.49. The molecule has 1 aromatic heterocycles. The fraction of sp³-hybridized carbons (Fsp3) is 0.389. The van der Waals surface area contributed by atoms with Crippen LogP contribution in [-0.2, 0) is 16.1 Å². The number of nitrogens with one attached hydrogen (secondary N) is 2. The molecule has 0 radical (unpaired) electrons. The molecular formula is C18H23ClN4O2S. The summed E-state index contributed by atoms with van der Waals surface area (Å²) in [5, 5.41) is 6.77. The lowest BCUT2D eigenvalue weighted by Crippen LogP contribution is -2.47. The van der Waals surface area contributed by atoms with Gasteiger partial charge >= 0.3 is 0 Å². The van der Waals surface area contributed by atoms with Crippen LogP contribution < -0.4 is 16.4 Å². The summed E-state index contributed by atoms with van der Waals surface area (Å²) in [7, 11) is 0. The van der Waals surface area contributed by atoms with Crippen LogP contribution in [0.4, 0.5) is 0 Å². The number of rotatable bonds is 7. The molecule has 4 N–H and O–H groups in total. The Morgan fingerprint density at radius 2 is 1.88 bits per heavy atom. The van der Waals surface area contributed by atoms with E-state index in [4.69, 9.17) is 17.3 Å². The van der Waals surface area contributed by atoms with Crippen LogP contribution in [0.3, 0.4) is 0 Å². The summed E-state index contributed by atoms with van der Waals surface area (Å²) in [6.45, 7) is 5.90. The Bertz CT molecular complexity index is 774. The standard InChI is InChI=1S/C18H23ClN4O2S/c1-10(2)16(20)18(25)22-8-14(24)21-9-15-23-17(11(3)26-15)12-4-6-13(19)7-5-12/h4-7,10,16H,8-9,20H2,1-3H3,(H,21,24)(H,22,25)/t16-/m0/s1. The summed E-state index contributed by atoms with van der Waals surface area (Å²) in [5.41, 5.74) is 7.60. The highest BCUT2D eigenvalue weighted by Crippen LogP contribution is 2.28. The fourth-order valence-corrected chi connectivity index (χ4v) is 3.25. The normalized spacial score (nSPS) is 12.1. The van der Waals surface area contributed by atoms with Crippen molar-refractivity contribution in [3.63, 3.8) is 0 Å². The van der Waals surface area contributed by atoms with Crippen molar-refractivity contribution >= 4 is 34.8 Å². The van der Waals surface area contributed by atoms with Gasteiger partial charge in [-0.05, 0) is 25.0 Å². The van der Waals surface area contributed by atoms with E-state index in [2.05, 4.69) is 15.6 Å². The summed E-state index contributed by atoms with van der Waals surface area (Å²) in [6.07, 6.45) is 0. The summed E-state index contributed by atoms with van der Waals surface area (Å²) >= 11 is 7.44. The van der Waals surface area contributed by atoms with E-state index >= 15 is 0 Å². The Hall–Kier alpha value is -1.96. The highest BCUT2D eigenvalue weighted by atomic mass is 35.5. The van der Waals surface area contributed by atoms with Crippen LogP contribution in [0.25, 0.3) is 11.3 Å². The number of nitrogens with two attached hydrogens (primary N) is 1. The molecule has 0 bridgehead atoms. The predicted molar refractivity (Wildman–Crippen MR) is 105 cm³/mol. The summed E-state index contributed by atoms with van der Waals surface area (Å²) < 4.78 is 0. The Kier molecular flexibility index (Phi) is 7.14. The molecule has 0 unspecified atom stereocenters. The van der Waals surface area contributed by atoms with Gasteiger partial charge in [-0.3, -0.25) is 9.59 Å². The van der Waals surface area contributed by atoms with Crippen molar-refractivity contribution in [1.29, 1.82) is 0 Å². The number of carbonyl (C=O) groups excluding carboxylic acids is 2. The van der Waals surface area contributed by atoms with E-state index < -0.39 is 6.04 Å². The van der Waals surface area contributed by atoms with Gasteiger partial charge in [-0.15, -0.1) is 11.3 Å². The number of aryl methyl sites for hydroxylation is 1. The Morgan fingerprint density at radius 3 is 2.50 bits per heavy atom. The van der Waals surface area contributed by atoms with E-state index in [9.17, 15) is 9.59 Å². The second-order valence-corrected chi connectivity index (χ2v) is 8.01. The van der Waals surface area contributed by atoms with Crippen molar-refractivity contribution in [2.75, 3.05) is 6.54 Å². The van der Waals surface area contributed by atoms with Crippen LogP contribution in [0, 0.1) is 12.8 Å². The average Bonchev–Trinajstić information content (AvgIpc) is 2.98. The third-order valence-corrected chi connectivity index (χ3v) is 5.06. The number of thiazole rings is 1. The molecule has 2 amide bonds. The second kappa shape index (κ2) is 9.12. The van der Waals surface area contributed by atoms with Crippen LogP contribution >= 0.6 is 22.9 Å². The van der Waals surface area contributed by atoms with Gasteiger partial charge in [0.15, 0.2) is 0 Å². The van der Waals surface area contributed by atoms with E-state index in [0.717, 1.165) is 21.1 Å². The molecule has 8 heteroatoms. The summed E-state index contributed by atoms with van der Waals surface area (Å²) in [4.78, 5) is 29.3. The maximum atomic E-state index is 11.9. The van der Waals surface area contributed by atoms with Crippen LogP contribution in [0.1, 0.15) is 23.7 Å². The van der Waals surface area contributed by atoms with E-state index in [1.165, 1.54) is 11.3 Å². The van der Waals surface area contributed by atoms with Crippen LogP contribution in [0.5, 0.6) is 0 Å². The molecule has 0 aliphatic heterocycles. The first kappa shape index (κ1) is 20.4. The van der Waals surface area contributed by atoms with Gasteiger partial charge in [0.25, 0.3) is 0 Å². The van der Waals surface area contributed by atoms with Crippen LogP contribution in [0.15, 0.2) is 24.3 Å². The lowest BCUT2D eigenvalue weighted by Gasteiger charge is -2.14. The zero-order chi connectivity index (χ0) is 19.3. The zero-order valence-electron chi connectivity index (χ0n) is 15.0. The van der Waals surface area contributed by atoms with Crippen molar-refractivity contribution in [1.82, 2.24) is 15.6 Å². The smallest absolute Gasteiger partial charge is 0.239 e. The third kappa shape index (κ3) is 5.52. The molecule has 0 spiro atoms. The monoisotopic (exact) mass is 394 g/mol. The molecule has 0 aliphatic rings. The summed E-state index contributed by atoms with van der Waals surface area (Å²) in [6, 6.07) is 6.86. The van der Waals surface area contributed by atoms with Gasteiger partial charge in [0.1, 0.15) is 5.01 Å². The Balaban J connectivity index is 1.88. The van der Waals surface area contributed by atoms with Gasteiger partial charge in [-0.1, -0.05) is 37.6 Å². The van der Waals surface area contributed by atoms with Crippen molar-refractivity contribution in [2.24, 2.45) is 11.7 Å². The van der Waals surface area contributed by atoms with E-state index in [0.29, 0.717) is 11.6 Å². The van der Waals surface area contributed by atoms with Gasteiger partial charge < -0.3 is 16.4 Å². The first-order chi connectivity index (χ1) is 12.3. The molecule has 1 atom stereocenters. The van der Waals surface area contributed by atoms with Crippen molar-refractivity contribution < 1.29 is 9.59 Å². The van der Waals surface area contributed by atoms with Crippen molar-refractivity contribution in [3.05, 3.63) is 39.2 Å². The zero-order valence-corrected chi connectivity index (χ0v) is 16.6. The molecule has 2 rings (SSSR count). The van der Waals surface area contributed by atoms with Gasteiger partial charge in [-0.25, -0.2) is 4.98 Å². The maximum Gasteiger partial charge on any atom is 0.239 e. The van der Waals surface area contributed by atoms with Crippen molar-refractivity contribution in [2.45, 2.75) is 33.4 Å². The molecule has 1 heterocycles. The molecule has 0 fully saturated rings. The lowest BCUT2D eigenvalue weighted by molar-refractivity contribution is -0.127. The third-order valence-electron chi connectivity index (χ3n) is 3.84. The van der Waals surface area contributed by atoms with E-state index in [-0.39, 0.29) is 24.3 Å². The van der Waals surface area contributed by atoms with Crippen LogP contribution in [-0.4, -0.2) is 29.4 Å². The topological polar surface area (TPSA) is 97.1 Å².